The molecule has 0 amide bonds. The van der Waals surface area contributed by atoms with E-state index in [1.807, 2.05) is 30.3 Å². The molecular weight excluding hydrogens is 360 g/mol. The highest BCUT2D eigenvalue weighted by Crippen LogP contribution is 2.06. The Balaban J connectivity index is 0.000000180. The Morgan fingerprint density at radius 1 is 0.944 bits per heavy atom. The van der Waals surface area contributed by atoms with Gasteiger partial charge in [0.25, 0.3) is 0 Å². The molecular formula is C13H14Br2N2O. The minimum Gasteiger partial charge on any atom is -0.390 e. The number of hydrogen-bond acceptors (Lipinski definition) is 3. The predicted octanol–water partition coefficient (Wildman–Crippen LogP) is 3.74. The van der Waals surface area contributed by atoms with Gasteiger partial charge in [-0.25, -0.2) is 9.97 Å². The highest BCUT2D eigenvalue weighted by molar-refractivity contribution is 9.10. The summed E-state index contributed by atoms with van der Waals surface area (Å²) in [5, 5.41) is 8.58. The lowest BCUT2D eigenvalue weighted by molar-refractivity contribution is 0.276. The number of pyridine rings is 2. The second-order valence-electron chi connectivity index (χ2n) is 3.41. The summed E-state index contributed by atoms with van der Waals surface area (Å²) in [5.74, 6) is 0. The molecule has 0 unspecified atom stereocenters. The molecule has 0 saturated heterocycles. The molecule has 3 nitrogen and oxygen atoms in total. The van der Waals surface area contributed by atoms with Crippen molar-refractivity contribution in [2.75, 3.05) is 0 Å². The molecule has 0 saturated carbocycles. The van der Waals surface area contributed by atoms with Gasteiger partial charge in [-0.15, -0.1) is 0 Å². The van der Waals surface area contributed by atoms with Crippen molar-refractivity contribution in [2.45, 2.75) is 20.0 Å². The first-order chi connectivity index (χ1) is 8.65. The highest BCUT2D eigenvalue weighted by atomic mass is 79.9. The molecule has 96 valence electrons. The Kier molecular flexibility index (Phi) is 7.08. The van der Waals surface area contributed by atoms with E-state index >= 15 is 0 Å². The number of halogens is 2. The van der Waals surface area contributed by atoms with E-state index in [2.05, 4.69) is 48.8 Å². The molecule has 2 rings (SSSR count). The summed E-state index contributed by atoms with van der Waals surface area (Å²) in [6.07, 6.45) is 0.999. The zero-order valence-corrected chi connectivity index (χ0v) is 13.1. The van der Waals surface area contributed by atoms with Gasteiger partial charge in [-0.2, -0.15) is 0 Å². The summed E-state index contributed by atoms with van der Waals surface area (Å²) in [6.45, 7) is 2.09. The molecule has 0 aliphatic heterocycles. The summed E-state index contributed by atoms with van der Waals surface area (Å²) in [5.41, 5.74) is 1.81. The number of hydrogen-bond donors (Lipinski definition) is 1. The Morgan fingerprint density at radius 3 is 1.78 bits per heavy atom. The van der Waals surface area contributed by atoms with Crippen LogP contribution < -0.4 is 0 Å². The van der Waals surface area contributed by atoms with Crippen LogP contribution in [0, 0.1) is 0 Å². The van der Waals surface area contributed by atoms with Crippen molar-refractivity contribution < 1.29 is 5.11 Å². The van der Waals surface area contributed by atoms with E-state index in [0.717, 1.165) is 21.3 Å². The van der Waals surface area contributed by atoms with Crippen LogP contribution >= 0.6 is 31.9 Å². The van der Waals surface area contributed by atoms with Crippen LogP contribution in [0.15, 0.2) is 45.6 Å². The minimum atomic E-state index is -0.000556. The van der Waals surface area contributed by atoms with Crippen LogP contribution in [0.5, 0.6) is 0 Å². The summed E-state index contributed by atoms with van der Waals surface area (Å²) >= 11 is 6.47. The first-order valence-electron chi connectivity index (χ1n) is 5.49. The minimum absolute atomic E-state index is 0.000556. The number of aliphatic hydroxyl groups is 1. The summed E-state index contributed by atoms with van der Waals surface area (Å²) in [6, 6.07) is 11.4. The molecule has 1 N–H and O–H groups in total. The van der Waals surface area contributed by atoms with Gasteiger partial charge < -0.3 is 5.11 Å². The highest BCUT2D eigenvalue weighted by Gasteiger charge is 1.90. The normalized spacial score (nSPS) is 9.56. The van der Waals surface area contributed by atoms with E-state index in [-0.39, 0.29) is 6.61 Å². The van der Waals surface area contributed by atoms with Crippen molar-refractivity contribution in [3.8, 4) is 0 Å². The molecule has 0 aromatic carbocycles. The standard InChI is InChI=1S/C7H8BrN.C6H6BrNO/c1-2-6-4-3-5-7(8)9-6;7-6-3-1-2-5(4-9)8-6/h3-5H,2H2,1H3;1-3,9H,4H2. The van der Waals surface area contributed by atoms with Gasteiger partial charge in [0.1, 0.15) is 9.21 Å². The second-order valence-corrected chi connectivity index (χ2v) is 5.04. The SMILES string of the molecule is CCc1cccc(Br)n1.OCc1cccc(Br)n1. The summed E-state index contributed by atoms with van der Waals surface area (Å²) < 4.78 is 1.68. The largest absolute Gasteiger partial charge is 0.390 e. The number of nitrogens with zero attached hydrogens (tertiary/aromatic N) is 2. The van der Waals surface area contributed by atoms with Crippen molar-refractivity contribution in [1.29, 1.82) is 0 Å². The van der Waals surface area contributed by atoms with Gasteiger partial charge in [-0.1, -0.05) is 19.1 Å². The maximum atomic E-state index is 8.58. The first kappa shape index (κ1) is 15.3. The topological polar surface area (TPSA) is 46.0 Å². The van der Waals surface area contributed by atoms with Gasteiger partial charge in [0.15, 0.2) is 0 Å². The maximum Gasteiger partial charge on any atom is 0.106 e. The Labute approximate surface area is 124 Å². The zero-order chi connectivity index (χ0) is 13.4. The molecule has 0 aliphatic carbocycles. The Morgan fingerprint density at radius 2 is 1.44 bits per heavy atom. The van der Waals surface area contributed by atoms with Crippen LogP contribution in [-0.2, 0) is 13.0 Å². The predicted molar refractivity (Wildman–Crippen MR) is 79.2 cm³/mol. The Bertz CT molecular complexity index is 446. The third-order valence-electron chi connectivity index (χ3n) is 2.07. The third kappa shape index (κ3) is 5.71. The quantitative estimate of drug-likeness (QED) is 0.815. The molecule has 2 heterocycles. The molecule has 0 fully saturated rings. The van der Waals surface area contributed by atoms with Crippen molar-refractivity contribution in [1.82, 2.24) is 9.97 Å². The molecule has 0 bridgehead atoms. The smallest absolute Gasteiger partial charge is 0.106 e. The van der Waals surface area contributed by atoms with Crippen LogP contribution in [0.2, 0.25) is 0 Å². The molecule has 2 aromatic heterocycles. The fourth-order valence-corrected chi connectivity index (χ4v) is 1.95. The molecule has 0 spiro atoms. The van der Waals surface area contributed by atoms with E-state index in [1.165, 1.54) is 0 Å². The van der Waals surface area contributed by atoms with Gasteiger partial charge >= 0.3 is 0 Å². The molecule has 2 aromatic rings. The Hall–Kier alpha value is -0.780. The van der Waals surface area contributed by atoms with Gasteiger partial charge in [-0.05, 0) is 62.5 Å². The van der Waals surface area contributed by atoms with Crippen LogP contribution in [0.25, 0.3) is 0 Å². The van der Waals surface area contributed by atoms with Gasteiger partial charge in [0.05, 0.1) is 12.3 Å². The van der Waals surface area contributed by atoms with Crippen LogP contribution in [0.1, 0.15) is 18.3 Å². The van der Waals surface area contributed by atoms with Crippen LogP contribution in [0.3, 0.4) is 0 Å². The lowest BCUT2D eigenvalue weighted by atomic mass is 10.3. The fourth-order valence-electron chi connectivity index (χ4n) is 1.19. The van der Waals surface area contributed by atoms with Crippen molar-refractivity contribution in [3.05, 3.63) is 57.0 Å². The number of aliphatic hydroxyl groups excluding tert-OH is 1. The van der Waals surface area contributed by atoms with Crippen LogP contribution in [0.4, 0.5) is 0 Å². The van der Waals surface area contributed by atoms with E-state index in [1.54, 1.807) is 6.07 Å². The van der Waals surface area contributed by atoms with Crippen molar-refractivity contribution in [2.24, 2.45) is 0 Å². The van der Waals surface area contributed by atoms with Gasteiger partial charge in [0.2, 0.25) is 0 Å². The lowest BCUT2D eigenvalue weighted by Gasteiger charge is -1.93. The van der Waals surface area contributed by atoms with Crippen LogP contribution in [-0.4, -0.2) is 15.1 Å². The average Bonchev–Trinajstić information content (AvgIpc) is 2.39. The van der Waals surface area contributed by atoms with Gasteiger partial charge in [-0.3, -0.25) is 0 Å². The maximum absolute atomic E-state index is 8.58. The second kappa shape index (κ2) is 8.34. The average molecular weight is 374 g/mol. The van der Waals surface area contributed by atoms with E-state index < -0.39 is 0 Å². The lowest BCUT2D eigenvalue weighted by Crippen LogP contribution is -1.86. The van der Waals surface area contributed by atoms with E-state index in [0.29, 0.717) is 5.69 Å². The number of aromatic nitrogens is 2. The molecule has 0 atom stereocenters. The summed E-state index contributed by atoms with van der Waals surface area (Å²) in [7, 11) is 0. The number of rotatable bonds is 2. The molecule has 18 heavy (non-hydrogen) atoms. The number of aryl methyl sites for hydroxylation is 1. The molecule has 5 heteroatoms. The third-order valence-corrected chi connectivity index (χ3v) is 2.95. The van der Waals surface area contributed by atoms with Gasteiger partial charge in [0, 0.05) is 5.69 Å². The van der Waals surface area contributed by atoms with Crippen molar-refractivity contribution >= 4 is 31.9 Å². The van der Waals surface area contributed by atoms with Crippen molar-refractivity contribution in [3.63, 3.8) is 0 Å². The fraction of sp³-hybridized carbons (Fsp3) is 0.231. The molecule has 0 radical (unpaired) electrons. The monoisotopic (exact) mass is 372 g/mol. The van der Waals surface area contributed by atoms with E-state index in [4.69, 9.17) is 5.11 Å². The summed E-state index contributed by atoms with van der Waals surface area (Å²) in [4.78, 5) is 8.17. The van der Waals surface area contributed by atoms with E-state index in [9.17, 15) is 0 Å². The zero-order valence-electron chi connectivity index (χ0n) is 9.98. The molecule has 0 aliphatic rings. The first-order valence-corrected chi connectivity index (χ1v) is 7.08.